The number of nitrogens with zero attached hydrogens (tertiary/aromatic N) is 1. The highest BCUT2D eigenvalue weighted by Gasteiger charge is 2.32. The van der Waals surface area contributed by atoms with Crippen LogP contribution in [0.25, 0.3) is 0 Å². The molecule has 2 N–H and O–H groups in total. The third kappa shape index (κ3) is 2.68. The molecule has 1 rings (SSSR count). The summed E-state index contributed by atoms with van der Waals surface area (Å²) in [5.41, 5.74) is 0.0606. The van der Waals surface area contributed by atoms with E-state index < -0.39 is 0 Å². The molecule has 0 spiro atoms. The van der Waals surface area contributed by atoms with Crippen molar-refractivity contribution < 1.29 is 5.11 Å². The molecule has 3 heteroatoms. The number of hydrogen-bond donors (Lipinski definition) is 2. The first-order valence-corrected chi connectivity index (χ1v) is 4.96. The van der Waals surface area contributed by atoms with Crippen molar-refractivity contribution in [1.29, 1.82) is 5.26 Å². The lowest BCUT2D eigenvalue weighted by Gasteiger charge is -2.27. The van der Waals surface area contributed by atoms with Gasteiger partial charge >= 0.3 is 0 Å². The average Bonchev–Trinajstić information content (AvgIpc) is 2.63. The summed E-state index contributed by atoms with van der Waals surface area (Å²) in [6.45, 7) is 2.87. The Labute approximate surface area is 79.8 Å². The van der Waals surface area contributed by atoms with Gasteiger partial charge in [-0.1, -0.05) is 12.8 Å². The smallest absolute Gasteiger partial charge is 0.0924 e. The molecule has 13 heavy (non-hydrogen) atoms. The predicted octanol–water partition coefficient (Wildman–Crippen LogP) is 1.04. The fraction of sp³-hybridized carbons (Fsp3) is 0.900. The van der Waals surface area contributed by atoms with Crippen molar-refractivity contribution in [2.75, 3.05) is 13.2 Å². The van der Waals surface area contributed by atoms with Crippen molar-refractivity contribution in [3.63, 3.8) is 0 Å². The van der Waals surface area contributed by atoms with E-state index in [4.69, 9.17) is 5.26 Å². The summed E-state index contributed by atoms with van der Waals surface area (Å²) in [5.74, 6) is 0. The van der Waals surface area contributed by atoms with Crippen molar-refractivity contribution in [1.82, 2.24) is 5.32 Å². The van der Waals surface area contributed by atoms with Gasteiger partial charge in [-0.25, -0.2) is 0 Å². The van der Waals surface area contributed by atoms with Crippen LogP contribution in [0, 0.1) is 16.7 Å². The minimum atomic E-state index is -0.107. The van der Waals surface area contributed by atoms with Crippen LogP contribution in [0.1, 0.15) is 32.6 Å². The topological polar surface area (TPSA) is 56.0 Å². The maximum atomic E-state index is 9.28. The van der Waals surface area contributed by atoms with Gasteiger partial charge in [-0.2, -0.15) is 5.26 Å². The molecular weight excluding hydrogens is 164 g/mol. The highest BCUT2D eigenvalue weighted by molar-refractivity contribution is 4.91. The monoisotopic (exact) mass is 182 g/mol. The molecule has 1 unspecified atom stereocenters. The summed E-state index contributed by atoms with van der Waals surface area (Å²) in [4.78, 5) is 0. The maximum absolute atomic E-state index is 9.28. The van der Waals surface area contributed by atoms with Gasteiger partial charge in [0.05, 0.1) is 12.1 Å². The zero-order valence-electron chi connectivity index (χ0n) is 8.21. The molecule has 0 amide bonds. The van der Waals surface area contributed by atoms with E-state index >= 15 is 0 Å². The fourth-order valence-corrected chi connectivity index (χ4v) is 1.93. The van der Waals surface area contributed by atoms with Gasteiger partial charge in [0.15, 0.2) is 0 Å². The van der Waals surface area contributed by atoms with Crippen LogP contribution in [0.5, 0.6) is 0 Å². The molecule has 0 saturated heterocycles. The van der Waals surface area contributed by atoms with Gasteiger partial charge in [-0.3, -0.25) is 0 Å². The lowest BCUT2D eigenvalue weighted by molar-refractivity contribution is 0.127. The highest BCUT2D eigenvalue weighted by Crippen LogP contribution is 2.36. The predicted molar refractivity (Wildman–Crippen MR) is 51.1 cm³/mol. The molecule has 0 radical (unpaired) electrons. The Kier molecular flexibility index (Phi) is 3.71. The third-order valence-electron chi connectivity index (χ3n) is 2.98. The lowest BCUT2D eigenvalue weighted by Crippen LogP contribution is -2.38. The molecule has 1 atom stereocenters. The summed E-state index contributed by atoms with van der Waals surface area (Å²) in [6, 6.07) is 2.03. The van der Waals surface area contributed by atoms with Gasteiger partial charge in [0.25, 0.3) is 0 Å². The Balaban J connectivity index is 2.36. The Hall–Kier alpha value is -0.590. The van der Waals surface area contributed by atoms with Crippen LogP contribution >= 0.6 is 0 Å². The molecule has 1 aliphatic carbocycles. The molecule has 0 aromatic rings. The summed E-state index contributed by atoms with van der Waals surface area (Å²) < 4.78 is 0. The number of aliphatic hydroxyl groups excluding tert-OH is 1. The van der Waals surface area contributed by atoms with Crippen molar-refractivity contribution in [2.45, 2.75) is 38.6 Å². The number of nitrogens with one attached hydrogen (secondary N) is 1. The van der Waals surface area contributed by atoms with Gasteiger partial charge in [0.2, 0.25) is 0 Å². The van der Waals surface area contributed by atoms with E-state index in [1.54, 1.807) is 0 Å². The van der Waals surface area contributed by atoms with E-state index in [9.17, 15) is 5.11 Å². The first kappa shape index (κ1) is 10.5. The molecule has 0 aromatic carbocycles. The largest absolute Gasteiger partial charge is 0.396 e. The summed E-state index contributed by atoms with van der Waals surface area (Å²) in [6.07, 6.45) is 4.61. The zero-order valence-corrected chi connectivity index (χ0v) is 8.21. The van der Waals surface area contributed by atoms with Crippen LogP contribution in [-0.4, -0.2) is 24.3 Å². The number of aliphatic hydroxyl groups is 1. The van der Waals surface area contributed by atoms with Gasteiger partial charge in [-0.05, 0) is 19.8 Å². The minimum absolute atomic E-state index is 0.0606. The Morgan fingerprint density at radius 2 is 2.15 bits per heavy atom. The van der Waals surface area contributed by atoms with Crippen LogP contribution < -0.4 is 5.32 Å². The first-order chi connectivity index (χ1) is 6.22. The van der Waals surface area contributed by atoms with Crippen molar-refractivity contribution in [3.05, 3.63) is 0 Å². The molecule has 0 heterocycles. The summed E-state index contributed by atoms with van der Waals surface area (Å²) in [5, 5.41) is 21.0. The first-order valence-electron chi connectivity index (χ1n) is 4.96. The second kappa shape index (κ2) is 4.59. The molecule has 1 fully saturated rings. The lowest BCUT2D eigenvalue weighted by atomic mass is 9.87. The molecule has 3 nitrogen and oxygen atoms in total. The molecule has 1 aliphatic rings. The Morgan fingerprint density at radius 1 is 1.54 bits per heavy atom. The Morgan fingerprint density at radius 3 is 2.62 bits per heavy atom. The van der Waals surface area contributed by atoms with Crippen LogP contribution in [0.4, 0.5) is 0 Å². The number of rotatable bonds is 4. The number of nitriles is 1. The normalized spacial score (nSPS) is 22.5. The second-order valence-electron chi connectivity index (χ2n) is 4.10. The van der Waals surface area contributed by atoms with Gasteiger partial charge in [0.1, 0.15) is 0 Å². The van der Waals surface area contributed by atoms with E-state index in [0.717, 1.165) is 19.4 Å². The second-order valence-corrected chi connectivity index (χ2v) is 4.10. The van der Waals surface area contributed by atoms with E-state index in [0.29, 0.717) is 0 Å². The van der Waals surface area contributed by atoms with Crippen LogP contribution in [0.3, 0.4) is 0 Å². The molecule has 0 aliphatic heterocycles. The van der Waals surface area contributed by atoms with Gasteiger partial charge in [-0.15, -0.1) is 0 Å². The zero-order chi connectivity index (χ0) is 9.73. The fourth-order valence-electron chi connectivity index (χ4n) is 1.93. The van der Waals surface area contributed by atoms with Crippen molar-refractivity contribution in [2.24, 2.45) is 5.41 Å². The van der Waals surface area contributed by atoms with E-state index in [-0.39, 0.29) is 18.1 Å². The van der Waals surface area contributed by atoms with Crippen molar-refractivity contribution in [3.8, 4) is 6.07 Å². The summed E-state index contributed by atoms with van der Waals surface area (Å²) >= 11 is 0. The molecular formula is C10H18N2O. The van der Waals surface area contributed by atoms with Gasteiger partial charge in [0, 0.05) is 18.6 Å². The van der Waals surface area contributed by atoms with Crippen LogP contribution in [0.15, 0.2) is 0 Å². The quantitative estimate of drug-likeness (QED) is 0.683. The highest BCUT2D eigenvalue weighted by atomic mass is 16.3. The SMILES string of the molecule is CC(C#N)NCC1(CO)CCCC1. The van der Waals surface area contributed by atoms with Crippen molar-refractivity contribution >= 4 is 0 Å². The minimum Gasteiger partial charge on any atom is -0.396 e. The average molecular weight is 182 g/mol. The van der Waals surface area contributed by atoms with Gasteiger partial charge < -0.3 is 10.4 Å². The molecule has 1 saturated carbocycles. The summed E-state index contributed by atoms with van der Waals surface area (Å²) in [7, 11) is 0. The third-order valence-corrected chi connectivity index (χ3v) is 2.98. The van der Waals surface area contributed by atoms with E-state index in [1.807, 2.05) is 6.92 Å². The Bertz CT molecular complexity index is 192. The molecule has 0 bridgehead atoms. The standard InChI is InChI=1S/C10H18N2O/c1-9(6-11)12-7-10(8-13)4-2-3-5-10/h9,12-13H,2-5,7-8H2,1H3. The van der Waals surface area contributed by atoms with E-state index in [2.05, 4.69) is 11.4 Å². The van der Waals surface area contributed by atoms with Crippen LogP contribution in [0.2, 0.25) is 0 Å². The number of hydrogen-bond acceptors (Lipinski definition) is 3. The molecule has 0 aromatic heterocycles. The molecule has 74 valence electrons. The van der Waals surface area contributed by atoms with Crippen LogP contribution in [-0.2, 0) is 0 Å². The maximum Gasteiger partial charge on any atom is 0.0924 e. The van der Waals surface area contributed by atoms with E-state index in [1.165, 1.54) is 12.8 Å².